The highest BCUT2D eigenvalue weighted by molar-refractivity contribution is 14.1. The number of carbonyl (C=O) groups excluding carboxylic acids is 1. The summed E-state index contributed by atoms with van der Waals surface area (Å²) in [6, 6.07) is 7.07. The van der Waals surface area contributed by atoms with Gasteiger partial charge in [0.2, 0.25) is 0 Å². The van der Waals surface area contributed by atoms with Crippen LogP contribution in [-0.2, 0) is 4.79 Å². The van der Waals surface area contributed by atoms with Gasteiger partial charge < -0.3 is 10.1 Å². The molecule has 1 N–H and O–H groups in total. The minimum atomic E-state index is -0.511. The zero-order chi connectivity index (χ0) is 14.8. The number of hydrogen-bond donors (Lipinski definition) is 1. The lowest BCUT2D eigenvalue weighted by Crippen LogP contribution is -2.36. The predicted octanol–water partition coefficient (Wildman–Crippen LogP) is 4.22. The van der Waals surface area contributed by atoms with E-state index in [9.17, 15) is 4.79 Å². The Hall–Kier alpha value is -0.490. The van der Waals surface area contributed by atoms with Crippen molar-refractivity contribution >= 4 is 40.1 Å². The summed E-state index contributed by atoms with van der Waals surface area (Å²) in [4.78, 5) is 11.9. The first-order valence-electron chi connectivity index (χ1n) is 6.89. The van der Waals surface area contributed by atoms with Gasteiger partial charge in [0, 0.05) is 11.6 Å². The fourth-order valence-corrected chi connectivity index (χ4v) is 2.45. The molecule has 0 aliphatic rings. The van der Waals surface area contributed by atoms with Crippen LogP contribution in [0.2, 0.25) is 5.02 Å². The number of amides is 1. The van der Waals surface area contributed by atoms with E-state index in [4.69, 9.17) is 16.3 Å². The van der Waals surface area contributed by atoms with Crippen LogP contribution in [0.3, 0.4) is 0 Å². The van der Waals surface area contributed by atoms with Gasteiger partial charge in [0.25, 0.3) is 5.91 Å². The average molecular weight is 410 g/mol. The molecule has 0 fully saturated rings. The Labute approximate surface area is 139 Å². The molecule has 112 valence electrons. The second kappa shape index (κ2) is 10.3. The SMILES string of the molecule is CC(Oc1cccc(Cl)c1)C(=O)NCCCCCCI. The van der Waals surface area contributed by atoms with Crippen LogP contribution >= 0.6 is 34.2 Å². The van der Waals surface area contributed by atoms with Crippen molar-refractivity contribution in [2.24, 2.45) is 0 Å². The van der Waals surface area contributed by atoms with Gasteiger partial charge in [-0.25, -0.2) is 0 Å². The number of halogens is 2. The maximum absolute atomic E-state index is 11.9. The van der Waals surface area contributed by atoms with Gasteiger partial charge in [0.05, 0.1) is 0 Å². The summed E-state index contributed by atoms with van der Waals surface area (Å²) in [6.07, 6.45) is 4.15. The molecule has 1 aromatic rings. The van der Waals surface area contributed by atoms with Gasteiger partial charge in [-0.1, -0.05) is 53.1 Å². The van der Waals surface area contributed by atoms with Crippen molar-refractivity contribution in [2.45, 2.75) is 38.7 Å². The summed E-state index contributed by atoms with van der Waals surface area (Å²) < 4.78 is 6.76. The lowest BCUT2D eigenvalue weighted by Gasteiger charge is -2.14. The minimum Gasteiger partial charge on any atom is -0.481 e. The first-order chi connectivity index (χ1) is 9.63. The third-order valence-corrected chi connectivity index (χ3v) is 3.84. The Morgan fingerprint density at radius 2 is 2.10 bits per heavy atom. The van der Waals surface area contributed by atoms with Crippen molar-refractivity contribution in [3.63, 3.8) is 0 Å². The van der Waals surface area contributed by atoms with Gasteiger partial charge in [0.15, 0.2) is 6.10 Å². The molecule has 0 heterocycles. The lowest BCUT2D eigenvalue weighted by molar-refractivity contribution is -0.127. The van der Waals surface area contributed by atoms with E-state index >= 15 is 0 Å². The Balaban J connectivity index is 2.22. The molecule has 0 aromatic heterocycles. The first-order valence-corrected chi connectivity index (χ1v) is 8.79. The monoisotopic (exact) mass is 409 g/mol. The normalized spacial score (nSPS) is 11.9. The van der Waals surface area contributed by atoms with E-state index in [0.717, 1.165) is 12.8 Å². The number of hydrogen-bond acceptors (Lipinski definition) is 2. The Morgan fingerprint density at radius 1 is 1.35 bits per heavy atom. The van der Waals surface area contributed by atoms with Crippen LogP contribution in [0.15, 0.2) is 24.3 Å². The molecule has 0 saturated heterocycles. The first kappa shape index (κ1) is 17.6. The van der Waals surface area contributed by atoms with Crippen LogP contribution in [-0.4, -0.2) is 23.0 Å². The van der Waals surface area contributed by atoms with Crippen LogP contribution in [0.4, 0.5) is 0 Å². The summed E-state index contributed by atoms with van der Waals surface area (Å²) in [7, 11) is 0. The molecule has 20 heavy (non-hydrogen) atoms. The Morgan fingerprint density at radius 3 is 2.80 bits per heavy atom. The molecule has 0 bridgehead atoms. The third-order valence-electron chi connectivity index (χ3n) is 2.84. The Bertz CT molecular complexity index is 415. The van der Waals surface area contributed by atoms with Gasteiger partial charge in [-0.3, -0.25) is 4.79 Å². The molecule has 0 saturated carbocycles. The van der Waals surface area contributed by atoms with Crippen LogP contribution in [0, 0.1) is 0 Å². The molecule has 1 rings (SSSR count). The molecule has 3 nitrogen and oxygen atoms in total. The molecule has 1 aromatic carbocycles. The van der Waals surface area contributed by atoms with Crippen LogP contribution in [0.25, 0.3) is 0 Å². The van der Waals surface area contributed by atoms with Crippen molar-refractivity contribution in [2.75, 3.05) is 11.0 Å². The van der Waals surface area contributed by atoms with Crippen LogP contribution < -0.4 is 10.1 Å². The van der Waals surface area contributed by atoms with E-state index in [1.807, 2.05) is 0 Å². The lowest BCUT2D eigenvalue weighted by atomic mass is 10.2. The molecule has 0 aliphatic heterocycles. The summed E-state index contributed by atoms with van der Waals surface area (Å²) in [6.45, 7) is 2.45. The summed E-state index contributed by atoms with van der Waals surface area (Å²) >= 11 is 8.26. The molecule has 0 aliphatic carbocycles. The Kier molecular flexibility index (Phi) is 9.02. The maximum Gasteiger partial charge on any atom is 0.260 e. The maximum atomic E-state index is 11.9. The van der Waals surface area contributed by atoms with Gasteiger partial charge in [-0.2, -0.15) is 0 Å². The number of benzene rings is 1. The zero-order valence-corrected chi connectivity index (χ0v) is 14.6. The van der Waals surface area contributed by atoms with Crippen molar-refractivity contribution in [3.05, 3.63) is 29.3 Å². The number of unbranched alkanes of at least 4 members (excludes halogenated alkanes) is 3. The molecule has 0 radical (unpaired) electrons. The van der Waals surface area contributed by atoms with Crippen LogP contribution in [0.5, 0.6) is 5.75 Å². The van der Waals surface area contributed by atoms with Crippen molar-refractivity contribution in [1.29, 1.82) is 0 Å². The number of rotatable bonds is 9. The molecule has 0 spiro atoms. The number of carbonyl (C=O) groups is 1. The topological polar surface area (TPSA) is 38.3 Å². The minimum absolute atomic E-state index is 0.0844. The summed E-state index contributed by atoms with van der Waals surface area (Å²) in [5.74, 6) is 0.529. The fourth-order valence-electron chi connectivity index (χ4n) is 1.73. The zero-order valence-electron chi connectivity index (χ0n) is 11.7. The number of nitrogens with one attached hydrogen (secondary N) is 1. The van der Waals surface area contributed by atoms with Gasteiger partial charge in [0.1, 0.15) is 5.75 Å². The molecular formula is C15H21ClINO2. The second-order valence-electron chi connectivity index (χ2n) is 4.61. The highest BCUT2D eigenvalue weighted by Gasteiger charge is 2.13. The molecule has 5 heteroatoms. The van der Waals surface area contributed by atoms with E-state index in [1.54, 1.807) is 31.2 Å². The van der Waals surface area contributed by atoms with E-state index in [-0.39, 0.29) is 5.91 Å². The quantitative estimate of drug-likeness (QED) is 0.377. The molecule has 1 amide bonds. The molecule has 1 unspecified atom stereocenters. The summed E-state index contributed by atoms with van der Waals surface area (Å²) in [5, 5.41) is 3.50. The predicted molar refractivity (Wildman–Crippen MR) is 91.9 cm³/mol. The van der Waals surface area contributed by atoms with Crippen LogP contribution in [0.1, 0.15) is 32.6 Å². The molecule has 1 atom stereocenters. The van der Waals surface area contributed by atoms with E-state index < -0.39 is 6.10 Å². The number of alkyl halides is 1. The standard InChI is InChI=1S/C15H21ClINO2/c1-12(20-14-8-6-7-13(16)11-14)15(19)18-10-5-3-2-4-9-17/h6-8,11-12H,2-5,9-10H2,1H3,(H,18,19). The van der Waals surface area contributed by atoms with E-state index in [0.29, 0.717) is 17.3 Å². The highest BCUT2D eigenvalue weighted by Crippen LogP contribution is 2.18. The van der Waals surface area contributed by atoms with E-state index in [2.05, 4.69) is 27.9 Å². The van der Waals surface area contributed by atoms with Crippen molar-refractivity contribution in [1.82, 2.24) is 5.32 Å². The van der Waals surface area contributed by atoms with Gasteiger partial charge >= 0.3 is 0 Å². The highest BCUT2D eigenvalue weighted by atomic mass is 127. The van der Waals surface area contributed by atoms with E-state index in [1.165, 1.54) is 17.3 Å². The largest absolute Gasteiger partial charge is 0.481 e. The smallest absolute Gasteiger partial charge is 0.260 e. The molecular weight excluding hydrogens is 389 g/mol. The van der Waals surface area contributed by atoms with Gasteiger partial charge in [-0.05, 0) is 42.4 Å². The second-order valence-corrected chi connectivity index (χ2v) is 6.13. The van der Waals surface area contributed by atoms with Gasteiger partial charge in [-0.15, -0.1) is 0 Å². The van der Waals surface area contributed by atoms with Crippen molar-refractivity contribution in [3.8, 4) is 5.75 Å². The van der Waals surface area contributed by atoms with Crippen molar-refractivity contribution < 1.29 is 9.53 Å². The third kappa shape index (κ3) is 7.33. The average Bonchev–Trinajstić information content (AvgIpc) is 2.42. The fraction of sp³-hybridized carbons (Fsp3) is 0.533. The summed E-state index contributed by atoms with van der Waals surface area (Å²) in [5.41, 5.74) is 0. The number of ether oxygens (including phenoxy) is 1.